The number of aromatic nitrogens is 3. The van der Waals surface area contributed by atoms with E-state index >= 15 is 0 Å². The lowest BCUT2D eigenvalue weighted by Gasteiger charge is -2.55. The van der Waals surface area contributed by atoms with Crippen LogP contribution in [-0.2, 0) is 12.0 Å². The Morgan fingerprint density at radius 3 is 2.57 bits per heavy atom. The number of hydrogen-bond donors (Lipinski definition) is 2. The smallest absolute Gasteiger partial charge is 0.227 e. The maximum Gasteiger partial charge on any atom is 0.227 e. The third-order valence-corrected chi connectivity index (χ3v) is 7.61. The minimum absolute atomic E-state index is 0. The molecule has 8 heteroatoms. The van der Waals surface area contributed by atoms with Gasteiger partial charge in [0.25, 0.3) is 0 Å². The second-order valence-electron chi connectivity index (χ2n) is 10.8. The van der Waals surface area contributed by atoms with Gasteiger partial charge in [-0.05, 0) is 55.6 Å². The average Bonchev–Trinajstić information content (AvgIpc) is 3.50. The van der Waals surface area contributed by atoms with Crippen LogP contribution in [0, 0.1) is 11.3 Å². The lowest BCUT2D eigenvalue weighted by Crippen LogP contribution is -2.63. The zero-order chi connectivity index (χ0) is 23.9. The van der Waals surface area contributed by atoms with E-state index in [-0.39, 0.29) is 17.8 Å². The SMILES string of the molecule is CC(C)c1ccc(C(O)(c2cncc(-c3noc(C[C@H]4CCNC4)n3)c2)C2(C)CN(C)C2)cc1.Cl. The highest BCUT2D eigenvalue weighted by atomic mass is 35.5. The number of likely N-dealkylation sites (tertiary alicyclic amines) is 1. The molecule has 2 N–H and O–H groups in total. The van der Waals surface area contributed by atoms with Gasteiger partial charge in [-0.2, -0.15) is 4.98 Å². The largest absolute Gasteiger partial charge is 0.380 e. The molecule has 7 nitrogen and oxygen atoms in total. The molecule has 4 heterocycles. The van der Waals surface area contributed by atoms with E-state index in [2.05, 4.69) is 77.4 Å². The summed E-state index contributed by atoms with van der Waals surface area (Å²) in [4.78, 5) is 11.4. The average molecular weight is 498 g/mol. The van der Waals surface area contributed by atoms with Crippen molar-refractivity contribution in [1.82, 2.24) is 25.3 Å². The Hall–Kier alpha value is -2.32. The third kappa shape index (κ3) is 4.75. The highest BCUT2D eigenvalue weighted by Crippen LogP contribution is 2.50. The van der Waals surface area contributed by atoms with E-state index in [0.717, 1.165) is 55.7 Å². The zero-order valence-corrected chi connectivity index (χ0v) is 21.8. The maximum atomic E-state index is 12.4. The van der Waals surface area contributed by atoms with Gasteiger partial charge in [0.05, 0.1) is 0 Å². The minimum atomic E-state index is -1.19. The number of nitrogens with zero attached hydrogens (tertiary/aromatic N) is 4. The van der Waals surface area contributed by atoms with E-state index in [4.69, 9.17) is 4.52 Å². The van der Waals surface area contributed by atoms with Gasteiger partial charge in [0.2, 0.25) is 11.7 Å². The first-order chi connectivity index (χ1) is 16.3. The van der Waals surface area contributed by atoms with Gasteiger partial charge in [-0.1, -0.05) is 50.2 Å². The molecule has 35 heavy (non-hydrogen) atoms. The van der Waals surface area contributed by atoms with Crippen LogP contribution in [0.1, 0.15) is 55.7 Å². The van der Waals surface area contributed by atoms with Crippen molar-refractivity contribution in [3.05, 3.63) is 65.3 Å². The van der Waals surface area contributed by atoms with Gasteiger partial charge in [0.15, 0.2) is 0 Å². The molecule has 5 rings (SSSR count). The van der Waals surface area contributed by atoms with Crippen LogP contribution in [0.5, 0.6) is 0 Å². The Bertz CT molecular complexity index is 1140. The van der Waals surface area contributed by atoms with Crippen molar-refractivity contribution in [3.63, 3.8) is 0 Å². The summed E-state index contributed by atoms with van der Waals surface area (Å²) in [7, 11) is 2.08. The molecule has 2 aliphatic rings. The van der Waals surface area contributed by atoms with Crippen molar-refractivity contribution in [3.8, 4) is 11.4 Å². The molecule has 2 atom stereocenters. The van der Waals surface area contributed by atoms with Crippen LogP contribution < -0.4 is 5.32 Å². The Morgan fingerprint density at radius 2 is 1.94 bits per heavy atom. The van der Waals surface area contributed by atoms with E-state index in [1.165, 1.54) is 5.56 Å². The number of rotatable bonds is 7. The molecular formula is C27H36ClN5O2. The van der Waals surface area contributed by atoms with E-state index in [1.54, 1.807) is 12.4 Å². The quantitative estimate of drug-likeness (QED) is 0.509. The lowest BCUT2D eigenvalue weighted by molar-refractivity contribution is -0.127. The predicted molar refractivity (Wildman–Crippen MR) is 139 cm³/mol. The first kappa shape index (κ1) is 25.8. The van der Waals surface area contributed by atoms with Crippen LogP contribution in [0.15, 0.2) is 47.2 Å². The summed E-state index contributed by atoms with van der Waals surface area (Å²) in [6.45, 7) is 10.1. The Labute approximate surface area is 213 Å². The number of halogens is 1. The van der Waals surface area contributed by atoms with Crippen molar-refractivity contribution in [2.24, 2.45) is 11.3 Å². The fourth-order valence-electron chi connectivity index (χ4n) is 5.70. The summed E-state index contributed by atoms with van der Waals surface area (Å²) in [5.41, 5.74) is 2.11. The van der Waals surface area contributed by atoms with Crippen molar-refractivity contribution in [2.75, 3.05) is 33.2 Å². The molecule has 188 valence electrons. The number of hydrogen-bond acceptors (Lipinski definition) is 7. The van der Waals surface area contributed by atoms with Gasteiger partial charge in [-0.3, -0.25) is 4.98 Å². The number of aliphatic hydroxyl groups is 1. The summed E-state index contributed by atoms with van der Waals surface area (Å²) in [6.07, 6.45) is 5.43. The fraction of sp³-hybridized carbons (Fsp3) is 0.519. The number of benzene rings is 1. The fourth-order valence-corrected chi connectivity index (χ4v) is 5.70. The Kier molecular flexibility index (Phi) is 7.34. The zero-order valence-electron chi connectivity index (χ0n) is 21.0. The molecule has 2 saturated heterocycles. The van der Waals surface area contributed by atoms with Gasteiger partial charge in [-0.25, -0.2) is 0 Å². The molecular weight excluding hydrogens is 462 g/mol. The number of pyridine rings is 1. The highest BCUT2D eigenvalue weighted by molar-refractivity contribution is 5.85. The molecule has 0 amide bonds. The van der Waals surface area contributed by atoms with Crippen molar-refractivity contribution < 1.29 is 9.63 Å². The van der Waals surface area contributed by atoms with E-state index in [9.17, 15) is 5.11 Å². The molecule has 0 spiro atoms. The normalized spacial score (nSPS) is 21.4. The second-order valence-corrected chi connectivity index (χ2v) is 10.8. The first-order valence-electron chi connectivity index (χ1n) is 12.3. The van der Waals surface area contributed by atoms with Gasteiger partial charge in [-0.15, -0.1) is 12.4 Å². The van der Waals surface area contributed by atoms with Crippen LogP contribution in [0.2, 0.25) is 0 Å². The summed E-state index contributed by atoms with van der Waals surface area (Å²) in [5, 5.41) is 20.0. The summed E-state index contributed by atoms with van der Waals surface area (Å²) in [5.74, 6) is 2.14. The molecule has 0 saturated carbocycles. The van der Waals surface area contributed by atoms with Crippen molar-refractivity contribution in [2.45, 2.75) is 45.1 Å². The van der Waals surface area contributed by atoms with E-state index < -0.39 is 5.60 Å². The molecule has 1 aromatic carbocycles. The molecule has 0 aliphatic carbocycles. The third-order valence-electron chi connectivity index (χ3n) is 7.61. The van der Waals surface area contributed by atoms with Gasteiger partial charge >= 0.3 is 0 Å². The molecule has 2 aliphatic heterocycles. The Balaban J connectivity index is 0.00000289. The van der Waals surface area contributed by atoms with Crippen molar-refractivity contribution in [1.29, 1.82) is 0 Å². The van der Waals surface area contributed by atoms with Gasteiger partial charge in [0.1, 0.15) is 5.60 Å². The highest BCUT2D eigenvalue weighted by Gasteiger charge is 2.55. The van der Waals surface area contributed by atoms with Crippen LogP contribution in [0.4, 0.5) is 0 Å². The minimum Gasteiger partial charge on any atom is -0.380 e. The standard InChI is InChI=1S/C27H35N5O2.ClH/c1-18(2)20-5-7-22(8-6-20)27(33,26(3)16-32(4)17-26)23-12-21(14-29-15-23)25-30-24(34-31-25)11-19-9-10-28-13-19;/h5-8,12,14-15,18-19,28,33H,9-11,13,16-17H2,1-4H3;1H/t19-,27?;/m1./s1. The topological polar surface area (TPSA) is 87.3 Å². The molecule has 2 fully saturated rings. The summed E-state index contributed by atoms with van der Waals surface area (Å²) < 4.78 is 5.55. The maximum absolute atomic E-state index is 12.4. The Morgan fingerprint density at radius 1 is 1.20 bits per heavy atom. The molecule has 2 aromatic heterocycles. The van der Waals surface area contributed by atoms with E-state index in [1.807, 2.05) is 6.07 Å². The monoisotopic (exact) mass is 497 g/mol. The van der Waals surface area contributed by atoms with Crippen molar-refractivity contribution >= 4 is 12.4 Å². The van der Waals surface area contributed by atoms with E-state index in [0.29, 0.717) is 23.6 Å². The van der Waals surface area contributed by atoms with Crippen LogP contribution in [0.3, 0.4) is 0 Å². The molecule has 0 radical (unpaired) electrons. The van der Waals surface area contributed by atoms with Gasteiger partial charge < -0.3 is 19.8 Å². The second kappa shape index (κ2) is 9.97. The van der Waals surface area contributed by atoms with Crippen LogP contribution >= 0.6 is 12.4 Å². The van der Waals surface area contributed by atoms with Gasteiger partial charge in [0, 0.05) is 48.4 Å². The van der Waals surface area contributed by atoms with Crippen LogP contribution in [0.25, 0.3) is 11.4 Å². The predicted octanol–water partition coefficient (Wildman–Crippen LogP) is 4.02. The number of nitrogens with one attached hydrogen (secondary N) is 1. The molecule has 0 bridgehead atoms. The summed E-state index contributed by atoms with van der Waals surface area (Å²) in [6, 6.07) is 10.3. The van der Waals surface area contributed by atoms with Crippen LogP contribution in [-0.4, -0.2) is 58.4 Å². The molecule has 3 aromatic rings. The molecule has 1 unspecified atom stereocenters. The first-order valence-corrected chi connectivity index (χ1v) is 12.3. The lowest BCUT2D eigenvalue weighted by atomic mass is 9.62. The summed E-state index contributed by atoms with van der Waals surface area (Å²) >= 11 is 0.